The van der Waals surface area contributed by atoms with Crippen LogP contribution in [0.25, 0.3) is 0 Å². The number of rotatable bonds is 7. The minimum atomic E-state index is 0.359. The maximum atomic E-state index is 11.1. The van der Waals surface area contributed by atoms with E-state index in [1.807, 2.05) is 20.8 Å². The largest absolute Gasteiger partial charge is 0.493 e. The third-order valence-corrected chi connectivity index (χ3v) is 4.06. The first kappa shape index (κ1) is 15.5. The Morgan fingerprint density at radius 2 is 2.10 bits per heavy atom. The minimum absolute atomic E-state index is 0.359. The first-order valence-electron chi connectivity index (χ1n) is 6.91. The molecule has 0 spiro atoms. The van der Waals surface area contributed by atoms with E-state index in [9.17, 15) is 4.79 Å². The number of aryl methyl sites for hydroxylation is 2. The van der Waals surface area contributed by atoms with Crippen molar-refractivity contribution >= 4 is 17.6 Å². The Labute approximate surface area is 128 Å². The maximum Gasteiger partial charge on any atom is 0.153 e. The summed E-state index contributed by atoms with van der Waals surface area (Å²) < 4.78 is 11.3. The Morgan fingerprint density at radius 3 is 2.71 bits per heavy atom. The summed E-state index contributed by atoms with van der Waals surface area (Å²) in [7, 11) is 0. The lowest BCUT2D eigenvalue weighted by Gasteiger charge is -2.10. The molecule has 0 fully saturated rings. The highest BCUT2D eigenvalue weighted by Gasteiger charge is 2.09. The van der Waals surface area contributed by atoms with Crippen LogP contribution in [0.2, 0.25) is 0 Å². The molecule has 21 heavy (non-hydrogen) atoms. The van der Waals surface area contributed by atoms with Gasteiger partial charge in [0.15, 0.2) is 6.29 Å². The molecule has 0 aliphatic heterocycles. The fourth-order valence-electron chi connectivity index (χ4n) is 1.79. The van der Waals surface area contributed by atoms with Crippen LogP contribution in [0.3, 0.4) is 0 Å². The van der Waals surface area contributed by atoms with Gasteiger partial charge in [-0.25, -0.2) is 4.98 Å². The number of carbonyl (C=O) groups is 1. The standard InChI is InChI=1S/C16H19NO3S/c1-4-7-19-14-6-5-13(9-18)15(8-14)20-10-16-17-11(2)12(3)21-16/h5-6,8-9H,4,7,10H2,1-3H3. The molecule has 0 N–H and O–H groups in total. The smallest absolute Gasteiger partial charge is 0.153 e. The number of ether oxygens (including phenoxy) is 2. The second-order valence-corrected chi connectivity index (χ2v) is 5.99. The van der Waals surface area contributed by atoms with Crippen LogP contribution in [0, 0.1) is 13.8 Å². The summed E-state index contributed by atoms with van der Waals surface area (Å²) in [4.78, 5) is 16.7. The van der Waals surface area contributed by atoms with Crippen LogP contribution in [0.1, 0.15) is 39.3 Å². The quantitative estimate of drug-likeness (QED) is 0.727. The maximum absolute atomic E-state index is 11.1. The molecule has 0 atom stereocenters. The molecule has 0 saturated heterocycles. The molecule has 1 aromatic carbocycles. The predicted octanol–water partition coefficient (Wildman–Crippen LogP) is 3.94. The lowest BCUT2D eigenvalue weighted by molar-refractivity contribution is 0.111. The topological polar surface area (TPSA) is 48.4 Å². The van der Waals surface area contributed by atoms with E-state index in [0.29, 0.717) is 30.3 Å². The number of aromatic nitrogens is 1. The molecule has 112 valence electrons. The molecule has 0 radical (unpaired) electrons. The van der Waals surface area contributed by atoms with Crippen LogP contribution in [-0.4, -0.2) is 17.9 Å². The van der Waals surface area contributed by atoms with Crippen LogP contribution < -0.4 is 9.47 Å². The van der Waals surface area contributed by atoms with Crippen molar-refractivity contribution in [2.75, 3.05) is 6.61 Å². The lowest BCUT2D eigenvalue weighted by Crippen LogP contribution is -2.00. The summed E-state index contributed by atoms with van der Waals surface area (Å²) in [5.74, 6) is 1.24. The normalized spacial score (nSPS) is 10.4. The van der Waals surface area contributed by atoms with Crippen LogP contribution in [-0.2, 0) is 6.61 Å². The Kier molecular flexibility index (Phi) is 5.33. The van der Waals surface area contributed by atoms with E-state index < -0.39 is 0 Å². The number of aldehydes is 1. The molecule has 0 unspecified atom stereocenters. The zero-order valence-electron chi connectivity index (χ0n) is 12.5. The molecule has 0 bridgehead atoms. The number of thiazole rings is 1. The third kappa shape index (κ3) is 4.04. The number of hydrogen-bond donors (Lipinski definition) is 0. The average Bonchev–Trinajstić information content (AvgIpc) is 2.81. The zero-order chi connectivity index (χ0) is 15.2. The molecule has 4 nitrogen and oxygen atoms in total. The van der Waals surface area contributed by atoms with Crippen molar-refractivity contribution in [2.24, 2.45) is 0 Å². The van der Waals surface area contributed by atoms with Gasteiger partial charge in [0, 0.05) is 10.9 Å². The molecule has 0 saturated carbocycles. The molecule has 0 amide bonds. The average molecular weight is 305 g/mol. The van der Waals surface area contributed by atoms with Gasteiger partial charge < -0.3 is 9.47 Å². The second-order valence-electron chi connectivity index (χ2n) is 4.70. The van der Waals surface area contributed by atoms with E-state index in [1.54, 1.807) is 29.5 Å². The number of nitrogens with zero attached hydrogens (tertiary/aromatic N) is 1. The molecule has 0 aliphatic carbocycles. The highest BCUT2D eigenvalue weighted by molar-refractivity contribution is 7.11. The van der Waals surface area contributed by atoms with Gasteiger partial charge in [0.25, 0.3) is 0 Å². The highest BCUT2D eigenvalue weighted by atomic mass is 32.1. The molecule has 1 aromatic heterocycles. The first-order chi connectivity index (χ1) is 10.1. The van der Waals surface area contributed by atoms with Gasteiger partial charge in [-0.05, 0) is 32.4 Å². The molecule has 2 rings (SSSR count). The fraction of sp³-hybridized carbons (Fsp3) is 0.375. The van der Waals surface area contributed by atoms with Crippen molar-refractivity contribution in [1.82, 2.24) is 4.98 Å². The summed E-state index contributed by atoms with van der Waals surface area (Å²) in [5.41, 5.74) is 1.54. The summed E-state index contributed by atoms with van der Waals surface area (Å²) in [6.07, 6.45) is 1.72. The SMILES string of the molecule is CCCOc1ccc(C=O)c(OCc2nc(C)c(C)s2)c1. The van der Waals surface area contributed by atoms with Gasteiger partial charge in [-0.3, -0.25) is 4.79 Å². The minimum Gasteiger partial charge on any atom is -0.493 e. The summed E-state index contributed by atoms with van der Waals surface area (Å²) in [5, 5.41) is 0.904. The van der Waals surface area contributed by atoms with Gasteiger partial charge in [-0.1, -0.05) is 6.92 Å². The van der Waals surface area contributed by atoms with Crippen LogP contribution in [0.5, 0.6) is 11.5 Å². The number of hydrogen-bond acceptors (Lipinski definition) is 5. The number of benzene rings is 1. The van der Waals surface area contributed by atoms with E-state index in [4.69, 9.17) is 9.47 Å². The van der Waals surface area contributed by atoms with Crippen molar-refractivity contribution in [3.05, 3.63) is 39.3 Å². The predicted molar refractivity (Wildman–Crippen MR) is 83.5 cm³/mol. The van der Waals surface area contributed by atoms with Gasteiger partial charge >= 0.3 is 0 Å². The highest BCUT2D eigenvalue weighted by Crippen LogP contribution is 2.26. The third-order valence-electron chi connectivity index (χ3n) is 3.01. The van der Waals surface area contributed by atoms with Crippen LogP contribution in [0.15, 0.2) is 18.2 Å². The lowest BCUT2D eigenvalue weighted by atomic mass is 10.2. The molecule has 1 heterocycles. The van der Waals surface area contributed by atoms with E-state index in [1.165, 1.54) is 4.88 Å². The number of carbonyl (C=O) groups excluding carboxylic acids is 1. The van der Waals surface area contributed by atoms with Gasteiger partial charge in [0.1, 0.15) is 23.1 Å². The van der Waals surface area contributed by atoms with Crippen LogP contribution in [0.4, 0.5) is 0 Å². The van der Waals surface area contributed by atoms with Crippen molar-refractivity contribution in [1.29, 1.82) is 0 Å². The van der Waals surface area contributed by atoms with Crippen molar-refractivity contribution in [2.45, 2.75) is 33.8 Å². The molecule has 0 aliphatic rings. The summed E-state index contributed by atoms with van der Waals surface area (Å²) >= 11 is 1.61. The van der Waals surface area contributed by atoms with Gasteiger partial charge in [0.2, 0.25) is 0 Å². The second kappa shape index (κ2) is 7.22. The molecule has 2 aromatic rings. The van der Waals surface area contributed by atoms with Crippen molar-refractivity contribution in [3.8, 4) is 11.5 Å². The Bertz CT molecular complexity index is 602. The van der Waals surface area contributed by atoms with E-state index in [0.717, 1.165) is 23.4 Å². The van der Waals surface area contributed by atoms with Gasteiger partial charge in [-0.2, -0.15) is 0 Å². The monoisotopic (exact) mass is 305 g/mol. The van der Waals surface area contributed by atoms with E-state index in [-0.39, 0.29) is 0 Å². The molecular formula is C16H19NO3S. The van der Waals surface area contributed by atoms with Crippen molar-refractivity contribution < 1.29 is 14.3 Å². The Morgan fingerprint density at radius 1 is 1.29 bits per heavy atom. The Balaban J connectivity index is 2.11. The summed E-state index contributed by atoms with van der Waals surface area (Å²) in [6.45, 7) is 7.06. The molecular weight excluding hydrogens is 286 g/mol. The zero-order valence-corrected chi connectivity index (χ0v) is 13.3. The first-order valence-corrected chi connectivity index (χ1v) is 7.73. The summed E-state index contributed by atoms with van der Waals surface area (Å²) in [6, 6.07) is 5.25. The van der Waals surface area contributed by atoms with E-state index in [2.05, 4.69) is 4.98 Å². The van der Waals surface area contributed by atoms with Gasteiger partial charge in [-0.15, -0.1) is 11.3 Å². The van der Waals surface area contributed by atoms with Crippen molar-refractivity contribution in [3.63, 3.8) is 0 Å². The van der Waals surface area contributed by atoms with Crippen LogP contribution >= 0.6 is 11.3 Å². The Hall–Kier alpha value is -1.88. The van der Waals surface area contributed by atoms with Gasteiger partial charge in [0.05, 0.1) is 17.9 Å². The molecule has 5 heteroatoms. The van der Waals surface area contributed by atoms with E-state index >= 15 is 0 Å². The fourth-order valence-corrected chi connectivity index (χ4v) is 2.63.